The van der Waals surface area contributed by atoms with Crippen LogP contribution in [0.15, 0.2) is 46.7 Å². The molecule has 26 heavy (non-hydrogen) atoms. The minimum Gasteiger partial charge on any atom is -0.335 e. The molecule has 0 amide bonds. The van der Waals surface area contributed by atoms with Gasteiger partial charge >= 0.3 is 0 Å². The van der Waals surface area contributed by atoms with Crippen molar-refractivity contribution in [3.05, 3.63) is 69.1 Å². The van der Waals surface area contributed by atoms with Crippen molar-refractivity contribution in [2.45, 2.75) is 52.6 Å². The Morgan fingerprint density at radius 3 is 2.50 bits per heavy atom. The highest BCUT2D eigenvalue weighted by atomic mass is 32.1. The molecule has 0 aliphatic carbocycles. The quantitative estimate of drug-likeness (QED) is 0.689. The van der Waals surface area contributed by atoms with Crippen molar-refractivity contribution in [2.75, 3.05) is 0 Å². The number of hydrogen-bond acceptors (Lipinski definition) is 3. The number of nitrogens with two attached hydrogens (primary N) is 1. The highest BCUT2D eigenvalue weighted by Crippen LogP contribution is 2.23. The highest BCUT2D eigenvalue weighted by Gasteiger charge is 2.20. The molecule has 1 aromatic carbocycles. The number of quaternary nitrogens is 1. The Bertz CT molecular complexity index is 911. The topological polar surface area (TPSA) is 51.0 Å². The summed E-state index contributed by atoms with van der Waals surface area (Å²) in [5.74, 6) is 1.09. The summed E-state index contributed by atoms with van der Waals surface area (Å²) in [7, 11) is 0. The lowest BCUT2D eigenvalue weighted by Gasteiger charge is -2.20. The van der Waals surface area contributed by atoms with Crippen LogP contribution >= 0.6 is 11.3 Å². The summed E-state index contributed by atoms with van der Waals surface area (Å²) in [6.07, 6.45) is 2.93. The summed E-state index contributed by atoms with van der Waals surface area (Å²) in [6, 6.07) is 11.0. The molecule has 0 saturated heterocycles. The van der Waals surface area contributed by atoms with E-state index in [4.69, 9.17) is 0 Å². The lowest BCUT2D eigenvalue weighted by Crippen LogP contribution is -2.84. The molecule has 0 saturated carbocycles. The van der Waals surface area contributed by atoms with Crippen LogP contribution in [0.1, 0.15) is 62.9 Å². The molecule has 2 heterocycles. The van der Waals surface area contributed by atoms with E-state index in [-0.39, 0.29) is 5.56 Å². The van der Waals surface area contributed by atoms with Gasteiger partial charge < -0.3 is 5.32 Å². The van der Waals surface area contributed by atoms with E-state index in [0.717, 1.165) is 17.1 Å². The van der Waals surface area contributed by atoms with Gasteiger partial charge in [-0.1, -0.05) is 52.0 Å². The van der Waals surface area contributed by atoms with Gasteiger partial charge in [0.1, 0.15) is 18.3 Å². The van der Waals surface area contributed by atoms with Crippen LogP contribution in [0.2, 0.25) is 0 Å². The van der Waals surface area contributed by atoms with Gasteiger partial charge in [0.15, 0.2) is 4.96 Å². The van der Waals surface area contributed by atoms with Crippen molar-refractivity contribution < 1.29 is 5.32 Å². The molecule has 0 aliphatic heterocycles. The van der Waals surface area contributed by atoms with Crippen LogP contribution in [0, 0.1) is 5.92 Å². The molecule has 0 bridgehead atoms. The summed E-state index contributed by atoms with van der Waals surface area (Å²) >= 11 is 1.50. The normalized spacial score (nSPS) is 14.0. The van der Waals surface area contributed by atoms with E-state index in [0.29, 0.717) is 24.4 Å². The van der Waals surface area contributed by atoms with Gasteiger partial charge in [-0.3, -0.25) is 9.20 Å². The van der Waals surface area contributed by atoms with E-state index in [1.807, 2.05) is 5.38 Å². The first kappa shape index (κ1) is 18.8. The minimum atomic E-state index is -0.00125. The van der Waals surface area contributed by atoms with Gasteiger partial charge in [0.25, 0.3) is 5.56 Å². The molecule has 4 nitrogen and oxygen atoms in total. The van der Waals surface area contributed by atoms with Crippen molar-refractivity contribution in [3.63, 3.8) is 0 Å². The fourth-order valence-corrected chi connectivity index (χ4v) is 4.05. The summed E-state index contributed by atoms with van der Waals surface area (Å²) in [6.45, 7) is 9.69. The van der Waals surface area contributed by atoms with Gasteiger partial charge in [-0.2, -0.15) is 0 Å². The van der Waals surface area contributed by atoms with Crippen LogP contribution in [0.5, 0.6) is 0 Å². The van der Waals surface area contributed by atoms with Crippen LogP contribution in [0.25, 0.3) is 4.96 Å². The van der Waals surface area contributed by atoms with Crippen LogP contribution in [-0.4, -0.2) is 9.38 Å². The Kier molecular flexibility index (Phi) is 5.89. The molecule has 0 unspecified atom stereocenters. The number of hydrogen-bond donors (Lipinski definition) is 1. The molecule has 138 valence electrons. The van der Waals surface area contributed by atoms with E-state index in [9.17, 15) is 4.79 Å². The Morgan fingerprint density at radius 1 is 1.15 bits per heavy atom. The van der Waals surface area contributed by atoms with Gasteiger partial charge in [0, 0.05) is 29.1 Å². The van der Waals surface area contributed by atoms with E-state index in [1.165, 1.54) is 22.5 Å². The van der Waals surface area contributed by atoms with E-state index in [2.05, 4.69) is 62.3 Å². The fraction of sp³-hybridized carbons (Fsp3) is 0.429. The summed E-state index contributed by atoms with van der Waals surface area (Å²) in [5, 5.41) is 4.20. The first-order valence-electron chi connectivity index (χ1n) is 9.38. The second-order valence-corrected chi connectivity index (χ2v) is 8.20. The number of fused-ring (bicyclic) bond motifs is 1. The molecule has 3 rings (SSSR count). The summed E-state index contributed by atoms with van der Waals surface area (Å²) in [5.41, 5.74) is 3.58. The fourth-order valence-electron chi connectivity index (χ4n) is 3.32. The molecule has 3 aromatic rings. The first-order valence-corrected chi connectivity index (χ1v) is 10.3. The van der Waals surface area contributed by atoms with Crippen molar-refractivity contribution in [1.29, 1.82) is 0 Å². The van der Waals surface area contributed by atoms with E-state index < -0.39 is 0 Å². The average Bonchev–Trinajstić information content (AvgIpc) is 3.10. The monoisotopic (exact) mass is 370 g/mol. The van der Waals surface area contributed by atoms with Crippen LogP contribution in [-0.2, 0) is 6.54 Å². The molecule has 0 radical (unpaired) electrons. The number of nitrogens with zero attached hydrogens (tertiary/aromatic N) is 2. The van der Waals surface area contributed by atoms with E-state index >= 15 is 0 Å². The molecule has 5 heteroatoms. The minimum absolute atomic E-state index is 0.00125. The third-order valence-corrected chi connectivity index (χ3v) is 5.91. The van der Waals surface area contributed by atoms with Crippen molar-refractivity contribution in [1.82, 2.24) is 9.38 Å². The Labute approximate surface area is 158 Å². The molecular weight excluding hydrogens is 342 g/mol. The molecular formula is C21H28N3OS+. The Balaban J connectivity index is 1.76. The SMILES string of the molecule is CC[C@H](C)c1ccc([C@@H]([NH2+]Cc2cc(=O)n3ccsc3n2)C(C)C)cc1. The first-order chi connectivity index (χ1) is 12.5. The van der Waals surface area contributed by atoms with Gasteiger partial charge in [-0.25, -0.2) is 4.98 Å². The number of rotatable bonds is 7. The predicted octanol–water partition coefficient (Wildman–Crippen LogP) is 3.73. The largest absolute Gasteiger partial charge is 0.335 e. The maximum absolute atomic E-state index is 12.2. The van der Waals surface area contributed by atoms with Crippen molar-refractivity contribution in [3.8, 4) is 0 Å². The van der Waals surface area contributed by atoms with Crippen molar-refractivity contribution in [2.24, 2.45) is 5.92 Å². The van der Waals surface area contributed by atoms with Gasteiger partial charge in [0.2, 0.25) is 0 Å². The predicted molar refractivity (Wildman–Crippen MR) is 108 cm³/mol. The van der Waals surface area contributed by atoms with Crippen LogP contribution in [0.3, 0.4) is 0 Å². The maximum atomic E-state index is 12.2. The van der Waals surface area contributed by atoms with Crippen molar-refractivity contribution >= 4 is 16.3 Å². The number of aromatic nitrogens is 2. The zero-order chi connectivity index (χ0) is 18.7. The molecule has 0 aliphatic rings. The van der Waals surface area contributed by atoms with Crippen LogP contribution < -0.4 is 10.9 Å². The smallest absolute Gasteiger partial charge is 0.258 e. The summed E-state index contributed by atoms with van der Waals surface area (Å²) in [4.78, 5) is 17.5. The highest BCUT2D eigenvalue weighted by molar-refractivity contribution is 7.15. The van der Waals surface area contributed by atoms with Gasteiger partial charge in [-0.15, -0.1) is 11.3 Å². The van der Waals surface area contributed by atoms with Crippen LogP contribution in [0.4, 0.5) is 0 Å². The van der Waals surface area contributed by atoms with E-state index in [1.54, 1.807) is 16.7 Å². The molecule has 0 spiro atoms. The second kappa shape index (κ2) is 8.14. The molecule has 2 atom stereocenters. The maximum Gasteiger partial charge on any atom is 0.258 e. The molecule has 2 aromatic heterocycles. The standard InChI is InChI=1S/C21H27N3OS/c1-5-15(4)16-6-8-17(9-7-16)20(14(2)3)22-13-18-12-19(25)24-10-11-26-21(24)23-18/h6-12,14-15,20,22H,5,13H2,1-4H3/p+1/t15-,20-/m0/s1. The van der Waals surface area contributed by atoms with Gasteiger partial charge in [0.05, 0.1) is 0 Å². The zero-order valence-corrected chi connectivity index (χ0v) is 16.8. The van der Waals surface area contributed by atoms with Gasteiger partial charge in [-0.05, 0) is 17.9 Å². The Morgan fingerprint density at radius 2 is 1.85 bits per heavy atom. The zero-order valence-electron chi connectivity index (χ0n) is 16.0. The Hall–Kier alpha value is -1.98. The number of thiazole rings is 1. The molecule has 0 fully saturated rings. The average molecular weight is 371 g/mol. The lowest BCUT2D eigenvalue weighted by atomic mass is 9.92. The summed E-state index contributed by atoms with van der Waals surface area (Å²) < 4.78 is 1.60. The third-order valence-electron chi connectivity index (χ3n) is 5.16. The molecule has 2 N–H and O–H groups in total. The number of benzene rings is 1. The third kappa shape index (κ3) is 4.05. The second-order valence-electron chi connectivity index (χ2n) is 7.33. The lowest BCUT2D eigenvalue weighted by molar-refractivity contribution is -0.717.